The summed E-state index contributed by atoms with van der Waals surface area (Å²) < 4.78 is 19.5. The van der Waals surface area contributed by atoms with Crippen LogP contribution in [0.5, 0.6) is 0 Å². The Morgan fingerprint density at radius 3 is 2.55 bits per heavy atom. The van der Waals surface area contributed by atoms with E-state index in [1.54, 1.807) is 0 Å². The first-order chi connectivity index (χ1) is 19.5. The fraction of sp³-hybridized carbons (Fsp3) is 0.469. The summed E-state index contributed by atoms with van der Waals surface area (Å²) in [6.45, 7) is 11.0. The number of allylic oxidation sites excluding steroid dienone is 2. The van der Waals surface area contributed by atoms with Crippen LogP contribution in [0.2, 0.25) is 0 Å². The van der Waals surface area contributed by atoms with Crippen LogP contribution in [0.25, 0.3) is 35.3 Å². The highest BCUT2D eigenvalue weighted by molar-refractivity contribution is 5.86. The van der Waals surface area contributed by atoms with Crippen molar-refractivity contribution in [3.63, 3.8) is 0 Å². The highest BCUT2D eigenvalue weighted by Crippen LogP contribution is 2.41. The normalized spacial score (nSPS) is 18.9. The molecular formula is C32H38N4O4. The Morgan fingerprint density at radius 1 is 1.20 bits per heavy atom. The van der Waals surface area contributed by atoms with E-state index < -0.39 is 6.09 Å². The van der Waals surface area contributed by atoms with Crippen LogP contribution in [0.1, 0.15) is 83.6 Å². The lowest BCUT2D eigenvalue weighted by molar-refractivity contribution is 0.108. The summed E-state index contributed by atoms with van der Waals surface area (Å²) in [5, 5.41) is 9.14. The van der Waals surface area contributed by atoms with Crippen LogP contribution >= 0.6 is 0 Å². The first kappa shape index (κ1) is 26.4. The Morgan fingerprint density at radius 2 is 1.95 bits per heavy atom. The quantitative estimate of drug-likeness (QED) is 0.303. The summed E-state index contributed by atoms with van der Waals surface area (Å²) in [5.74, 6) is 2.91. The number of carbonyl (C=O) groups is 1. The molecule has 3 fully saturated rings. The molecule has 0 radical (unpaired) electrons. The van der Waals surface area contributed by atoms with Gasteiger partial charge >= 0.3 is 6.09 Å². The zero-order valence-corrected chi connectivity index (χ0v) is 23.6. The van der Waals surface area contributed by atoms with Crippen molar-refractivity contribution in [3.8, 4) is 22.6 Å². The van der Waals surface area contributed by atoms with E-state index in [4.69, 9.17) is 19.0 Å². The van der Waals surface area contributed by atoms with Crippen molar-refractivity contribution < 1.29 is 18.8 Å². The van der Waals surface area contributed by atoms with E-state index in [1.807, 2.05) is 51.1 Å². The van der Waals surface area contributed by atoms with Gasteiger partial charge in [-0.25, -0.2) is 4.79 Å². The number of rotatable bonds is 10. The molecule has 3 aliphatic rings. The smallest absolute Gasteiger partial charge is 0.411 e. The van der Waals surface area contributed by atoms with Crippen molar-refractivity contribution >= 4 is 24.4 Å². The van der Waals surface area contributed by atoms with E-state index in [9.17, 15) is 4.79 Å². The van der Waals surface area contributed by atoms with Gasteiger partial charge in [-0.1, -0.05) is 23.9 Å². The Bertz CT molecular complexity index is 1520. The highest BCUT2D eigenvalue weighted by atomic mass is 16.6. The van der Waals surface area contributed by atoms with E-state index in [-0.39, 0.29) is 6.10 Å². The van der Waals surface area contributed by atoms with Gasteiger partial charge in [0, 0.05) is 28.9 Å². The molecule has 1 amide bonds. The minimum absolute atomic E-state index is 0.0630. The van der Waals surface area contributed by atoms with E-state index >= 15 is 0 Å². The average molecular weight is 543 g/mol. The van der Waals surface area contributed by atoms with Crippen LogP contribution in [0.3, 0.4) is 0 Å². The Labute approximate surface area is 234 Å². The van der Waals surface area contributed by atoms with Crippen molar-refractivity contribution in [3.05, 3.63) is 52.6 Å². The van der Waals surface area contributed by atoms with Crippen LogP contribution in [0.15, 0.2) is 40.6 Å². The molecule has 3 saturated carbocycles. The SMILES string of the molecule is C=c1c(-c2noc(C3CC3)n2)c(-c2ccc(NC(=O)OC(C)C3CC3)cc2)n(C2CCC2)/c1=C/C(=C\C)OCC. The molecule has 1 atom stereocenters. The second-order valence-electron chi connectivity index (χ2n) is 11.2. The van der Waals surface area contributed by atoms with Gasteiger partial charge in [-0.05, 0) is 95.4 Å². The molecule has 0 bridgehead atoms. The van der Waals surface area contributed by atoms with Gasteiger partial charge in [-0.2, -0.15) is 4.98 Å². The topological polar surface area (TPSA) is 91.4 Å². The Balaban J connectivity index is 1.43. The van der Waals surface area contributed by atoms with E-state index in [0.717, 1.165) is 71.7 Å². The molecule has 0 saturated heterocycles. The molecule has 210 valence electrons. The zero-order valence-electron chi connectivity index (χ0n) is 23.6. The summed E-state index contributed by atoms with van der Waals surface area (Å²) >= 11 is 0. The molecule has 0 spiro atoms. The number of ether oxygens (including phenoxy) is 2. The third-order valence-electron chi connectivity index (χ3n) is 8.24. The molecule has 3 aliphatic carbocycles. The lowest BCUT2D eigenvalue weighted by Gasteiger charge is -2.30. The maximum Gasteiger partial charge on any atom is 0.411 e. The highest BCUT2D eigenvalue weighted by Gasteiger charge is 2.33. The predicted octanol–water partition coefficient (Wildman–Crippen LogP) is 6.29. The summed E-state index contributed by atoms with van der Waals surface area (Å²) in [6, 6.07) is 8.21. The molecule has 2 aromatic heterocycles. The van der Waals surface area contributed by atoms with Gasteiger partial charge in [0.1, 0.15) is 11.9 Å². The lowest BCUT2D eigenvalue weighted by Crippen LogP contribution is -2.34. The minimum atomic E-state index is -0.420. The molecule has 0 aliphatic heterocycles. The minimum Gasteiger partial charge on any atom is -0.494 e. The van der Waals surface area contributed by atoms with Crippen molar-refractivity contribution in [2.24, 2.45) is 5.92 Å². The van der Waals surface area contributed by atoms with Crippen LogP contribution in [-0.2, 0) is 9.47 Å². The van der Waals surface area contributed by atoms with E-state index in [0.29, 0.717) is 41.9 Å². The molecule has 3 aromatic rings. The summed E-state index contributed by atoms with van der Waals surface area (Å²) in [4.78, 5) is 17.3. The zero-order chi connectivity index (χ0) is 27.8. The van der Waals surface area contributed by atoms with Gasteiger partial charge in [0.05, 0.1) is 23.2 Å². The number of amides is 1. The largest absolute Gasteiger partial charge is 0.494 e. The summed E-state index contributed by atoms with van der Waals surface area (Å²) in [6.07, 6.45) is 11.4. The van der Waals surface area contributed by atoms with Crippen molar-refractivity contribution in [1.29, 1.82) is 0 Å². The number of carbonyl (C=O) groups excluding carboxylic acids is 1. The second kappa shape index (κ2) is 11.0. The molecule has 2 heterocycles. The molecule has 8 heteroatoms. The van der Waals surface area contributed by atoms with Crippen LogP contribution in [0, 0.1) is 5.92 Å². The number of benzene rings is 1. The third kappa shape index (κ3) is 5.31. The van der Waals surface area contributed by atoms with Gasteiger partial charge in [-0.3, -0.25) is 5.32 Å². The second-order valence-corrected chi connectivity index (χ2v) is 11.2. The molecular weight excluding hydrogens is 504 g/mol. The Hall–Kier alpha value is -3.81. The van der Waals surface area contributed by atoms with Gasteiger partial charge in [-0.15, -0.1) is 0 Å². The van der Waals surface area contributed by atoms with Gasteiger partial charge in [0.2, 0.25) is 11.7 Å². The number of anilines is 1. The van der Waals surface area contributed by atoms with Crippen LogP contribution in [-0.4, -0.2) is 33.5 Å². The molecule has 40 heavy (non-hydrogen) atoms. The van der Waals surface area contributed by atoms with Crippen molar-refractivity contribution in [2.45, 2.75) is 83.8 Å². The number of aromatic nitrogens is 3. The maximum atomic E-state index is 12.4. The fourth-order valence-corrected chi connectivity index (χ4v) is 5.39. The third-order valence-corrected chi connectivity index (χ3v) is 8.24. The maximum absolute atomic E-state index is 12.4. The molecule has 8 nitrogen and oxygen atoms in total. The van der Waals surface area contributed by atoms with Gasteiger partial charge in [0.15, 0.2) is 0 Å². The number of hydrogen-bond acceptors (Lipinski definition) is 6. The van der Waals surface area contributed by atoms with Gasteiger partial charge in [0.25, 0.3) is 0 Å². The number of nitrogens with one attached hydrogen (secondary N) is 1. The van der Waals surface area contributed by atoms with Crippen LogP contribution in [0.4, 0.5) is 10.5 Å². The predicted molar refractivity (Wildman–Crippen MR) is 155 cm³/mol. The monoisotopic (exact) mass is 542 g/mol. The standard InChI is InChI=1S/C32H38N4O4/c1-5-26(38-6-2)18-27-19(3)28(30-34-31(40-35-30)23-12-13-23)29(36(27)25-8-7-9-25)22-14-16-24(17-15-22)33-32(37)39-20(4)21-10-11-21/h5,14-18,20-21,23,25H,3,6-13H2,1-2,4H3,(H,33,37)/b26-5+,27-18+. The average Bonchev–Trinajstić information content (AvgIpc) is 3.85. The van der Waals surface area contributed by atoms with Crippen molar-refractivity contribution in [2.75, 3.05) is 11.9 Å². The van der Waals surface area contributed by atoms with E-state index in [1.165, 1.54) is 6.42 Å². The van der Waals surface area contributed by atoms with Crippen LogP contribution < -0.4 is 15.9 Å². The fourth-order valence-electron chi connectivity index (χ4n) is 5.39. The lowest BCUT2D eigenvalue weighted by atomic mass is 9.92. The summed E-state index contributed by atoms with van der Waals surface area (Å²) in [7, 11) is 0. The first-order valence-electron chi connectivity index (χ1n) is 14.6. The summed E-state index contributed by atoms with van der Waals surface area (Å²) in [5.41, 5.74) is 3.56. The van der Waals surface area contributed by atoms with Gasteiger partial charge < -0.3 is 18.6 Å². The molecule has 6 rings (SSSR count). The molecule has 1 N–H and O–H groups in total. The number of hydrogen-bond donors (Lipinski definition) is 1. The Kier molecular flexibility index (Phi) is 7.26. The first-order valence-corrected chi connectivity index (χ1v) is 14.6. The van der Waals surface area contributed by atoms with Crippen molar-refractivity contribution in [1.82, 2.24) is 14.7 Å². The van der Waals surface area contributed by atoms with E-state index in [2.05, 4.69) is 27.7 Å². The number of nitrogens with zero attached hydrogens (tertiary/aromatic N) is 3. The molecule has 1 aromatic carbocycles. The molecule has 1 unspecified atom stereocenters.